The first-order valence-electron chi connectivity index (χ1n) is 7.35. The van der Waals surface area contributed by atoms with E-state index in [0.717, 1.165) is 62.1 Å². The van der Waals surface area contributed by atoms with Crippen molar-refractivity contribution in [2.24, 2.45) is 5.92 Å². The summed E-state index contributed by atoms with van der Waals surface area (Å²) < 4.78 is 0. The Morgan fingerprint density at radius 1 is 1.16 bits per heavy atom. The molecule has 3 heterocycles. The van der Waals surface area contributed by atoms with Crippen LogP contribution in [-0.4, -0.2) is 36.1 Å². The van der Waals surface area contributed by atoms with E-state index in [1.165, 1.54) is 12.8 Å². The molecule has 104 valence electrons. The molecule has 0 aliphatic carbocycles. The van der Waals surface area contributed by atoms with Gasteiger partial charge in [0.2, 0.25) is 5.95 Å². The van der Waals surface area contributed by atoms with Crippen LogP contribution in [0.4, 0.5) is 11.8 Å². The molecule has 3 N–H and O–H groups in total. The third-order valence-corrected chi connectivity index (χ3v) is 4.27. The molecule has 0 aromatic carbocycles. The minimum absolute atomic E-state index is 0.683. The van der Waals surface area contributed by atoms with Crippen LogP contribution >= 0.6 is 0 Å². The minimum Gasteiger partial charge on any atom is -0.383 e. The number of nitrogens with zero attached hydrogens (tertiary/aromatic N) is 3. The van der Waals surface area contributed by atoms with Gasteiger partial charge in [0, 0.05) is 31.6 Å². The summed E-state index contributed by atoms with van der Waals surface area (Å²) in [6.07, 6.45) is 4.35. The largest absolute Gasteiger partial charge is 0.383 e. The third kappa shape index (κ3) is 2.66. The highest BCUT2D eigenvalue weighted by atomic mass is 15.3. The number of nitrogens with one attached hydrogen (secondary N) is 1. The maximum absolute atomic E-state index is 6.14. The first-order valence-corrected chi connectivity index (χ1v) is 7.35. The predicted octanol–water partition coefficient (Wildman–Crippen LogP) is 0.983. The molecule has 1 aromatic rings. The SMILES string of the molecule is CC1CCN(c2nc(N)c3c(n2)CCNCC3)CC1. The molecule has 1 fully saturated rings. The Hall–Kier alpha value is -1.36. The molecule has 3 rings (SSSR count). The van der Waals surface area contributed by atoms with E-state index < -0.39 is 0 Å². The number of rotatable bonds is 1. The zero-order chi connectivity index (χ0) is 13.2. The topological polar surface area (TPSA) is 67.1 Å². The fourth-order valence-corrected chi connectivity index (χ4v) is 2.91. The van der Waals surface area contributed by atoms with Crippen LogP contribution in [0, 0.1) is 5.92 Å². The van der Waals surface area contributed by atoms with E-state index in [2.05, 4.69) is 22.1 Å². The van der Waals surface area contributed by atoms with Gasteiger partial charge in [-0.1, -0.05) is 6.92 Å². The van der Waals surface area contributed by atoms with Crippen LogP contribution in [0.5, 0.6) is 0 Å². The molecular formula is C14H23N5. The Labute approximate surface area is 114 Å². The van der Waals surface area contributed by atoms with Crippen LogP contribution in [-0.2, 0) is 12.8 Å². The van der Waals surface area contributed by atoms with E-state index in [1.807, 2.05) is 0 Å². The second-order valence-corrected chi connectivity index (χ2v) is 5.75. The van der Waals surface area contributed by atoms with Crippen LogP contribution in [0.15, 0.2) is 0 Å². The molecule has 0 unspecified atom stereocenters. The Morgan fingerprint density at radius 2 is 1.89 bits per heavy atom. The number of hydrogen-bond donors (Lipinski definition) is 2. The molecule has 1 aromatic heterocycles. The van der Waals surface area contributed by atoms with Crippen molar-refractivity contribution >= 4 is 11.8 Å². The molecule has 0 atom stereocenters. The number of nitrogens with two attached hydrogens (primary N) is 1. The maximum Gasteiger partial charge on any atom is 0.227 e. The van der Waals surface area contributed by atoms with Gasteiger partial charge in [-0.2, -0.15) is 4.98 Å². The quantitative estimate of drug-likeness (QED) is 0.789. The highest BCUT2D eigenvalue weighted by Gasteiger charge is 2.21. The van der Waals surface area contributed by atoms with Gasteiger partial charge in [-0.15, -0.1) is 0 Å². The van der Waals surface area contributed by atoms with E-state index in [-0.39, 0.29) is 0 Å². The summed E-state index contributed by atoms with van der Waals surface area (Å²) in [5.41, 5.74) is 8.44. The predicted molar refractivity (Wildman–Crippen MR) is 77.3 cm³/mol. The fraction of sp³-hybridized carbons (Fsp3) is 0.714. The van der Waals surface area contributed by atoms with Gasteiger partial charge in [-0.25, -0.2) is 4.98 Å². The fourth-order valence-electron chi connectivity index (χ4n) is 2.91. The smallest absolute Gasteiger partial charge is 0.227 e. The van der Waals surface area contributed by atoms with Crippen molar-refractivity contribution in [2.45, 2.75) is 32.6 Å². The first-order chi connectivity index (χ1) is 9.24. The summed E-state index contributed by atoms with van der Waals surface area (Å²) in [6.45, 7) is 6.38. The Morgan fingerprint density at radius 3 is 2.68 bits per heavy atom. The van der Waals surface area contributed by atoms with Crippen LogP contribution in [0.2, 0.25) is 0 Å². The van der Waals surface area contributed by atoms with Gasteiger partial charge in [-0.05, 0) is 31.7 Å². The van der Waals surface area contributed by atoms with Crippen molar-refractivity contribution in [3.63, 3.8) is 0 Å². The van der Waals surface area contributed by atoms with E-state index >= 15 is 0 Å². The summed E-state index contributed by atoms with van der Waals surface area (Å²) >= 11 is 0. The molecule has 0 spiro atoms. The normalized spacial score (nSPS) is 21.0. The average molecular weight is 261 g/mol. The molecule has 5 heteroatoms. The van der Waals surface area contributed by atoms with Crippen molar-refractivity contribution in [3.05, 3.63) is 11.3 Å². The van der Waals surface area contributed by atoms with Gasteiger partial charge in [0.05, 0.1) is 5.69 Å². The summed E-state index contributed by atoms with van der Waals surface area (Å²) in [4.78, 5) is 11.6. The Kier molecular flexibility index (Phi) is 3.55. The molecule has 19 heavy (non-hydrogen) atoms. The lowest BCUT2D eigenvalue weighted by Crippen LogP contribution is -2.34. The number of anilines is 2. The van der Waals surface area contributed by atoms with Gasteiger partial charge < -0.3 is 16.0 Å². The molecule has 2 aliphatic heterocycles. The molecule has 5 nitrogen and oxygen atoms in total. The number of fused-ring (bicyclic) bond motifs is 1. The van der Waals surface area contributed by atoms with Crippen LogP contribution in [0.3, 0.4) is 0 Å². The lowest BCUT2D eigenvalue weighted by molar-refractivity contribution is 0.434. The molecule has 1 saturated heterocycles. The number of aromatic nitrogens is 2. The third-order valence-electron chi connectivity index (χ3n) is 4.27. The lowest BCUT2D eigenvalue weighted by Gasteiger charge is -2.30. The standard InChI is InChI=1S/C14H23N5/c1-10-4-8-19(9-5-10)14-17-12-3-7-16-6-2-11(12)13(15)18-14/h10,16H,2-9H2,1H3,(H2,15,17,18). The highest BCUT2D eigenvalue weighted by Crippen LogP contribution is 2.24. The van der Waals surface area contributed by atoms with Crippen molar-refractivity contribution < 1.29 is 0 Å². The van der Waals surface area contributed by atoms with Crippen LogP contribution in [0.25, 0.3) is 0 Å². The summed E-state index contributed by atoms with van der Waals surface area (Å²) in [5, 5.41) is 3.39. The lowest BCUT2D eigenvalue weighted by atomic mass is 9.99. The number of nitrogen functional groups attached to an aromatic ring is 1. The highest BCUT2D eigenvalue weighted by molar-refractivity contribution is 5.49. The van der Waals surface area contributed by atoms with Gasteiger partial charge in [0.1, 0.15) is 5.82 Å². The van der Waals surface area contributed by atoms with E-state index in [1.54, 1.807) is 0 Å². The van der Waals surface area contributed by atoms with E-state index in [0.29, 0.717) is 5.82 Å². The Balaban J connectivity index is 1.86. The molecule has 0 saturated carbocycles. The first kappa shape index (κ1) is 12.7. The molecule has 0 bridgehead atoms. The summed E-state index contributed by atoms with van der Waals surface area (Å²) in [5.74, 6) is 2.34. The summed E-state index contributed by atoms with van der Waals surface area (Å²) in [7, 11) is 0. The number of hydrogen-bond acceptors (Lipinski definition) is 5. The second kappa shape index (κ2) is 5.33. The molecular weight excluding hydrogens is 238 g/mol. The van der Waals surface area contributed by atoms with Crippen molar-refractivity contribution in [1.82, 2.24) is 15.3 Å². The Bertz CT molecular complexity index is 451. The van der Waals surface area contributed by atoms with Crippen molar-refractivity contribution in [1.29, 1.82) is 0 Å². The molecule has 2 aliphatic rings. The van der Waals surface area contributed by atoms with E-state index in [9.17, 15) is 0 Å². The second-order valence-electron chi connectivity index (χ2n) is 5.75. The van der Waals surface area contributed by atoms with Crippen molar-refractivity contribution in [3.8, 4) is 0 Å². The monoisotopic (exact) mass is 261 g/mol. The van der Waals surface area contributed by atoms with Gasteiger partial charge >= 0.3 is 0 Å². The van der Waals surface area contributed by atoms with E-state index in [4.69, 9.17) is 10.7 Å². The van der Waals surface area contributed by atoms with Gasteiger partial charge in [0.25, 0.3) is 0 Å². The molecule has 0 radical (unpaired) electrons. The molecule has 0 amide bonds. The minimum atomic E-state index is 0.683. The summed E-state index contributed by atoms with van der Waals surface area (Å²) in [6, 6.07) is 0. The van der Waals surface area contributed by atoms with Crippen LogP contribution < -0.4 is 16.0 Å². The van der Waals surface area contributed by atoms with Gasteiger partial charge in [0.15, 0.2) is 0 Å². The number of piperidine rings is 1. The van der Waals surface area contributed by atoms with Crippen molar-refractivity contribution in [2.75, 3.05) is 36.8 Å². The average Bonchev–Trinajstić information content (AvgIpc) is 2.65. The van der Waals surface area contributed by atoms with Crippen LogP contribution in [0.1, 0.15) is 31.0 Å². The van der Waals surface area contributed by atoms with Gasteiger partial charge in [-0.3, -0.25) is 0 Å². The maximum atomic E-state index is 6.14. The zero-order valence-corrected chi connectivity index (χ0v) is 11.7. The zero-order valence-electron chi connectivity index (χ0n) is 11.7.